The van der Waals surface area contributed by atoms with Crippen LogP contribution in [-0.4, -0.2) is 17.4 Å². The Morgan fingerprint density at radius 3 is 3.08 bits per heavy atom. The van der Waals surface area contributed by atoms with Gasteiger partial charge in [0.15, 0.2) is 18.1 Å². The van der Waals surface area contributed by atoms with Gasteiger partial charge >= 0.3 is 0 Å². The molecule has 12 heavy (non-hydrogen) atoms. The Bertz CT molecular complexity index is 329. The molecule has 64 valence electrons. The molecule has 0 atom stereocenters. The molecular formula is C7H5BrClNO2. The van der Waals surface area contributed by atoms with Gasteiger partial charge in [-0.3, -0.25) is 4.79 Å². The van der Waals surface area contributed by atoms with E-state index in [1.54, 1.807) is 12.3 Å². The molecule has 2 rings (SSSR count). The third kappa shape index (κ3) is 1.44. The largest absolute Gasteiger partial charge is 0.483 e. The molecule has 1 aromatic heterocycles. The molecule has 1 aromatic rings. The van der Waals surface area contributed by atoms with Gasteiger partial charge in [0.2, 0.25) is 5.78 Å². The van der Waals surface area contributed by atoms with Crippen LogP contribution in [0.4, 0.5) is 0 Å². The lowest BCUT2D eigenvalue weighted by Gasteiger charge is -1.94. The van der Waals surface area contributed by atoms with Crippen LogP contribution in [0.25, 0.3) is 0 Å². The predicted octanol–water partition coefficient (Wildman–Crippen LogP) is 1.84. The number of hydrogen-bond donors (Lipinski definition) is 0. The number of carbonyl (C=O) groups excluding carboxylic acids is 1. The zero-order valence-electron chi connectivity index (χ0n) is 5.91. The standard InChI is InChI=1S/C7H4BrNO2.ClH/c8-4-1-6-7(9-2-4)5(10)3-11-6;/h1-2H,3H2;1H. The number of aromatic nitrogens is 1. The molecular weight excluding hydrogens is 245 g/mol. The number of nitrogens with zero attached hydrogens (tertiary/aromatic N) is 1. The Hall–Kier alpha value is -0.610. The van der Waals surface area contributed by atoms with E-state index in [1.165, 1.54) is 0 Å². The summed E-state index contributed by atoms with van der Waals surface area (Å²) in [5.74, 6) is 0.525. The average molecular weight is 250 g/mol. The van der Waals surface area contributed by atoms with E-state index in [9.17, 15) is 4.79 Å². The molecule has 0 aromatic carbocycles. The van der Waals surface area contributed by atoms with E-state index in [-0.39, 0.29) is 24.8 Å². The van der Waals surface area contributed by atoms with Gasteiger partial charge in [0, 0.05) is 10.7 Å². The first-order chi connectivity index (χ1) is 5.27. The molecule has 1 aliphatic heterocycles. The molecule has 0 saturated carbocycles. The third-order valence-corrected chi connectivity index (χ3v) is 1.88. The molecule has 3 nitrogen and oxygen atoms in total. The van der Waals surface area contributed by atoms with E-state index in [4.69, 9.17) is 4.74 Å². The highest BCUT2D eigenvalue weighted by Gasteiger charge is 2.22. The summed E-state index contributed by atoms with van der Waals surface area (Å²) in [5, 5.41) is 0. The summed E-state index contributed by atoms with van der Waals surface area (Å²) in [4.78, 5) is 14.9. The normalized spacial score (nSPS) is 13.2. The number of ketones is 1. The molecule has 0 amide bonds. The summed E-state index contributed by atoms with van der Waals surface area (Å²) >= 11 is 3.23. The summed E-state index contributed by atoms with van der Waals surface area (Å²) < 4.78 is 5.87. The number of hydrogen-bond acceptors (Lipinski definition) is 3. The number of pyridine rings is 1. The Balaban J connectivity index is 0.000000720. The zero-order valence-corrected chi connectivity index (χ0v) is 8.31. The Labute approximate surface area is 83.7 Å². The summed E-state index contributed by atoms with van der Waals surface area (Å²) in [6.07, 6.45) is 1.59. The second kappa shape index (κ2) is 3.41. The Morgan fingerprint density at radius 2 is 2.33 bits per heavy atom. The Morgan fingerprint density at radius 1 is 1.58 bits per heavy atom. The minimum atomic E-state index is -0.0486. The predicted molar refractivity (Wildman–Crippen MR) is 49.0 cm³/mol. The van der Waals surface area contributed by atoms with E-state index in [0.29, 0.717) is 11.4 Å². The minimum Gasteiger partial charge on any atom is -0.483 e. The molecule has 2 heterocycles. The minimum absolute atomic E-state index is 0. The van der Waals surface area contributed by atoms with Crippen LogP contribution in [0.3, 0.4) is 0 Å². The van der Waals surface area contributed by atoms with Gasteiger partial charge in [0.1, 0.15) is 0 Å². The number of ether oxygens (including phenoxy) is 1. The molecule has 0 N–H and O–H groups in total. The van der Waals surface area contributed by atoms with Crippen molar-refractivity contribution in [2.75, 3.05) is 6.61 Å². The van der Waals surface area contributed by atoms with Crippen molar-refractivity contribution in [3.8, 4) is 5.75 Å². The molecule has 0 radical (unpaired) electrons. The number of rotatable bonds is 0. The lowest BCUT2D eigenvalue weighted by atomic mass is 10.3. The van der Waals surface area contributed by atoms with Crippen molar-refractivity contribution in [3.63, 3.8) is 0 Å². The van der Waals surface area contributed by atoms with Crippen LogP contribution in [0, 0.1) is 0 Å². The number of halogens is 2. The highest BCUT2D eigenvalue weighted by atomic mass is 79.9. The molecule has 0 saturated heterocycles. The van der Waals surface area contributed by atoms with E-state index in [0.717, 1.165) is 4.47 Å². The second-order valence-electron chi connectivity index (χ2n) is 2.21. The first-order valence-electron chi connectivity index (χ1n) is 3.09. The van der Waals surface area contributed by atoms with Crippen LogP contribution in [-0.2, 0) is 0 Å². The van der Waals surface area contributed by atoms with Gasteiger partial charge < -0.3 is 4.74 Å². The maximum atomic E-state index is 11.0. The summed E-state index contributed by atoms with van der Waals surface area (Å²) in [7, 11) is 0. The monoisotopic (exact) mass is 249 g/mol. The first-order valence-corrected chi connectivity index (χ1v) is 3.88. The van der Waals surface area contributed by atoms with Gasteiger partial charge in [0.05, 0.1) is 0 Å². The fourth-order valence-electron chi connectivity index (χ4n) is 0.952. The number of fused-ring (bicyclic) bond motifs is 1. The highest BCUT2D eigenvalue weighted by Crippen LogP contribution is 2.25. The smallest absolute Gasteiger partial charge is 0.222 e. The van der Waals surface area contributed by atoms with Crippen molar-refractivity contribution in [1.29, 1.82) is 0 Å². The van der Waals surface area contributed by atoms with Crippen molar-refractivity contribution in [1.82, 2.24) is 4.98 Å². The summed E-state index contributed by atoms with van der Waals surface area (Å²) in [5.41, 5.74) is 0.438. The molecule has 0 bridgehead atoms. The van der Waals surface area contributed by atoms with E-state index in [1.807, 2.05) is 0 Å². The van der Waals surface area contributed by atoms with Gasteiger partial charge in [-0.1, -0.05) is 0 Å². The summed E-state index contributed by atoms with van der Waals surface area (Å²) in [6, 6.07) is 1.74. The van der Waals surface area contributed by atoms with Crippen molar-refractivity contribution in [3.05, 3.63) is 22.4 Å². The van der Waals surface area contributed by atoms with E-state index in [2.05, 4.69) is 20.9 Å². The van der Waals surface area contributed by atoms with Crippen molar-refractivity contribution in [2.45, 2.75) is 0 Å². The van der Waals surface area contributed by atoms with Crippen LogP contribution < -0.4 is 4.74 Å². The lowest BCUT2D eigenvalue weighted by Crippen LogP contribution is -2.00. The fourth-order valence-corrected chi connectivity index (χ4v) is 1.26. The van der Waals surface area contributed by atoms with Crippen LogP contribution in [0.1, 0.15) is 10.5 Å². The van der Waals surface area contributed by atoms with Gasteiger partial charge in [-0.2, -0.15) is 0 Å². The van der Waals surface area contributed by atoms with Gasteiger partial charge in [-0.25, -0.2) is 4.98 Å². The SMILES string of the molecule is Cl.O=C1COc2cc(Br)cnc21. The molecule has 0 fully saturated rings. The first kappa shape index (κ1) is 9.48. The number of carbonyl (C=O) groups is 1. The van der Waals surface area contributed by atoms with Gasteiger partial charge in [-0.15, -0.1) is 12.4 Å². The fraction of sp³-hybridized carbons (Fsp3) is 0.143. The van der Waals surface area contributed by atoms with E-state index < -0.39 is 0 Å². The van der Waals surface area contributed by atoms with Crippen LogP contribution in [0.15, 0.2) is 16.7 Å². The van der Waals surface area contributed by atoms with E-state index >= 15 is 0 Å². The second-order valence-corrected chi connectivity index (χ2v) is 3.13. The van der Waals surface area contributed by atoms with Gasteiger partial charge in [0.25, 0.3) is 0 Å². The van der Waals surface area contributed by atoms with Crippen molar-refractivity contribution < 1.29 is 9.53 Å². The Kier molecular flexibility index (Phi) is 2.69. The summed E-state index contributed by atoms with van der Waals surface area (Å²) in [6.45, 7) is 0.124. The highest BCUT2D eigenvalue weighted by molar-refractivity contribution is 9.10. The molecule has 0 spiro atoms. The number of Topliss-reactive ketones (excluding diaryl/α,β-unsaturated/α-hetero) is 1. The zero-order chi connectivity index (χ0) is 7.84. The molecule has 5 heteroatoms. The van der Waals surface area contributed by atoms with Crippen LogP contribution in [0.2, 0.25) is 0 Å². The molecule has 0 aliphatic carbocycles. The van der Waals surface area contributed by atoms with Crippen LogP contribution >= 0.6 is 28.3 Å². The average Bonchev–Trinajstić information content (AvgIpc) is 2.32. The molecule has 1 aliphatic rings. The van der Waals surface area contributed by atoms with Crippen molar-refractivity contribution in [2.24, 2.45) is 0 Å². The lowest BCUT2D eigenvalue weighted by molar-refractivity contribution is 0.0958. The maximum absolute atomic E-state index is 11.0. The van der Waals surface area contributed by atoms with Crippen molar-refractivity contribution >= 4 is 34.1 Å². The van der Waals surface area contributed by atoms with Gasteiger partial charge in [-0.05, 0) is 22.0 Å². The third-order valence-electron chi connectivity index (χ3n) is 1.44. The molecule has 0 unspecified atom stereocenters. The topological polar surface area (TPSA) is 39.2 Å². The maximum Gasteiger partial charge on any atom is 0.222 e. The quantitative estimate of drug-likeness (QED) is 0.705. The van der Waals surface area contributed by atoms with Crippen LogP contribution in [0.5, 0.6) is 5.75 Å².